The van der Waals surface area contributed by atoms with E-state index in [2.05, 4.69) is 31.2 Å². The molecule has 2 saturated heterocycles. The third-order valence-corrected chi connectivity index (χ3v) is 5.80. The van der Waals surface area contributed by atoms with Crippen molar-refractivity contribution < 1.29 is 14.3 Å². The van der Waals surface area contributed by atoms with Crippen molar-refractivity contribution in [3.8, 4) is 11.1 Å². The molecule has 2 heterocycles. The standard InChI is InChI=1S/C22H28NO2/c1-18-16-23(14-6-3-7-15-23)17-22(24,25-18)21-12-10-20(11-13-21)19-8-4-2-5-9-19/h2,4-5,8-13,18,24H,3,6-7,14-17H2,1H3/q+1/t18-,22+/m0/s1. The number of rotatable bonds is 2. The van der Waals surface area contributed by atoms with E-state index < -0.39 is 5.79 Å². The van der Waals surface area contributed by atoms with E-state index in [0.29, 0.717) is 6.54 Å². The number of piperidine rings is 1. The fraction of sp³-hybridized carbons (Fsp3) is 0.455. The summed E-state index contributed by atoms with van der Waals surface area (Å²) in [4.78, 5) is 0. The molecule has 4 rings (SSSR count). The zero-order valence-electron chi connectivity index (χ0n) is 15.0. The van der Waals surface area contributed by atoms with Crippen LogP contribution in [-0.2, 0) is 10.5 Å². The average molecular weight is 338 g/mol. The highest BCUT2D eigenvalue weighted by Crippen LogP contribution is 2.36. The molecule has 0 unspecified atom stereocenters. The van der Waals surface area contributed by atoms with Crippen LogP contribution in [0, 0.1) is 0 Å². The van der Waals surface area contributed by atoms with Gasteiger partial charge in [0.25, 0.3) is 0 Å². The Bertz CT molecular complexity index is 707. The molecule has 1 N–H and O–H groups in total. The van der Waals surface area contributed by atoms with Gasteiger partial charge in [-0.15, -0.1) is 0 Å². The molecule has 2 atom stereocenters. The zero-order chi connectivity index (χ0) is 17.3. The van der Waals surface area contributed by atoms with E-state index in [0.717, 1.165) is 29.7 Å². The van der Waals surface area contributed by atoms with Crippen molar-refractivity contribution in [2.24, 2.45) is 0 Å². The SMILES string of the molecule is C[C@H]1C[N+]2(CCCCC2)C[C@](O)(c2ccc(-c3ccccc3)cc2)O1. The normalized spacial score (nSPS) is 28.8. The third-order valence-electron chi connectivity index (χ3n) is 5.80. The summed E-state index contributed by atoms with van der Waals surface area (Å²) in [6, 6.07) is 18.6. The molecule has 0 bridgehead atoms. The number of aliphatic hydroxyl groups is 1. The van der Waals surface area contributed by atoms with Gasteiger partial charge < -0.3 is 14.3 Å². The van der Waals surface area contributed by atoms with E-state index in [4.69, 9.17) is 4.74 Å². The summed E-state index contributed by atoms with van der Waals surface area (Å²) in [6.45, 7) is 6.11. The molecule has 2 fully saturated rings. The Morgan fingerprint density at radius 1 is 0.920 bits per heavy atom. The first-order chi connectivity index (χ1) is 12.1. The molecule has 0 aliphatic carbocycles. The highest BCUT2D eigenvalue weighted by Gasteiger charge is 2.49. The molecule has 0 saturated carbocycles. The van der Waals surface area contributed by atoms with Crippen molar-refractivity contribution in [2.75, 3.05) is 26.2 Å². The minimum atomic E-state index is -1.18. The van der Waals surface area contributed by atoms with Crippen LogP contribution in [0.25, 0.3) is 11.1 Å². The lowest BCUT2D eigenvalue weighted by Gasteiger charge is -2.51. The fourth-order valence-corrected chi connectivity index (χ4v) is 4.71. The van der Waals surface area contributed by atoms with Gasteiger partial charge >= 0.3 is 0 Å². The summed E-state index contributed by atoms with van der Waals surface area (Å²) in [5.74, 6) is -1.18. The molecule has 2 aromatic carbocycles. The maximum atomic E-state index is 11.4. The Morgan fingerprint density at radius 3 is 2.24 bits per heavy atom. The van der Waals surface area contributed by atoms with Crippen LogP contribution in [0.5, 0.6) is 0 Å². The first-order valence-electron chi connectivity index (χ1n) is 9.50. The van der Waals surface area contributed by atoms with E-state index in [1.165, 1.54) is 30.4 Å². The van der Waals surface area contributed by atoms with Crippen molar-refractivity contribution >= 4 is 0 Å². The van der Waals surface area contributed by atoms with Crippen molar-refractivity contribution in [1.29, 1.82) is 0 Å². The number of quaternary nitrogens is 1. The van der Waals surface area contributed by atoms with Crippen LogP contribution in [0.15, 0.2) is 54.6 Å². The lowest BCUT2D eigenvalue weighted by atomic mass is 9.95. The second-order valence-corrected chi connectivity index (χ2v) is 7.85. The third kappa shape index (κ3) is 3.37. The van der Waals surface area contributed by atoms with Gasteiger partial charge in [0, 0.05) is 5.56 Å². The molecule has 0 radical (unpaired) electrons. The van der Waals surface area contributed by atoms with Gasteiger partial charge in [-0.05, 0) is 37.3 Å². The highest BCUT2D eigenvalue weighted by molar-refractivity contribution is 5.63. The van der Waals surface area contributed by atoms with Crippen LogP contribution in [0.4, 0.5) is 0 Å². The van der Waals surface area contributed by atoms with Gasteiger partial charge in [0.1, 0.15) is 19.2 Å². The van der Waals surface area contributed by atoms with Crippen LogP contribution in [0.3, 0.4) is 0 Å². The summed E-state index contributed by atoms with van der Waals surface area (Å²) in [6.07, 6.45) is 3.91. The van der Waals surface area contributed by atoms with Gasteiger partial charge in [0.05, 0.1) is 13.1 Å². The van der Waals surface area contributed by atoms with Crippen molar-refractivity contribution in [3.63, 3.8) is 0 Å². The number of benzene rings is 2. The topological polar surface area (TPSA) is 29.5 Å². The van der Waals surface area contributed by atoms with Crippen molar-refractivity contribution in [1.82, 2.24) is 0 Å². The minimum absolute atomic E-state index is 0.0747. The Balaban J connectivity index is 1.61. The Hall–Kier alpha value is -1.68. The van der Waals surface area contributed by atoms with Gasteiger partial charge in [0.2, 0.25) is 5.79 Å². The van der Waals surface area contributed by atoms with Gasteiger partial charge in [-0.3, -0.25) is 0 Å². The van der Waals surface area contributed by atoms with Crippen LogP contribution in [0.1, 0.15) is 31.7 Å². The molecular formula is C22H28NO2+. The first kappa shape index (κ1) is 16.8. The predicted molar refractivity (Wildman–Crippen MR) is 99.9 cm³/mol. The maximum Gasteiger partial charge on any atom is 0.244 e. The largest absolute Gasteiger partial charge is 0.357 e. The zero-order valence-corrected chi connectivity index (χ0v) is 15.0. The van der Waals surface area contributed by atoms with Crippen LogP contribution < -0.4 is 0 Å². The van der Waals surface area contributed by atoms with Gasteiger partial charge in [0.15, 0.2) is 0 Å². The Labute approximate surface area is 150 Å². The van der Waals surface area contributed by atoms with E-state index >= 15 is 0 Å². The molecule has 0 amide bonds. The molecule has 132 valence electrons. The molecule has 2 aliphatic rings. The van der Waals surface area contributed by atoms with Crippen LogP contribution >= 0.6 is 0 Å². The molecular weight excluding hydrogens is 310 g/mol. The summed E-state index contributed by atoms with van der Waals surface area (Å²) >= 11 is 0. The van der Waals surface area contributed by atoms with E-state index in [1.807, 2.05) is 30.3 Å². The predicted octanol–water partition coefficient (Wildman–Crippen LogP) is 3.92. The molecule has 2 aromatic rings. The monoisotopic (exact) mass is 338 g/mol. The summed E-state index contributed by atoms with van der Waals surface area (Å²) in [5.41, 5.74) is 3.24. The smallest absolute Gasteiger partial charge is 0.244 e. The molecule has 3 heteroatoms. The number of hydrogen-bond acceptors (Lipinski definition) is 2. The van der Waals surface area contributed by atoms with E-state index in [9.17, 15) is 5.11 Å². The number of nitrogens with zero attached hydrogens (tertiary/aromatic N) is 1. The summed E-state index contributed by atoms with van der Waals surface area (Å²) < 4.78 is 7.07. The lowest BCUT2D eigenvalue weighted by Crippen LogP contribution is -2.65. The quantitative estimate of drug-likeness (QED) is 0.841. The first-order valence-corrected chi connectivity index (χ1v) is 9.50. The van der Waals surface area contributed by atoms with Crippen LogP contribution in [-0.4, -0.2) is 41.9 Å². The molecule has 1 spiro atoms. The van der Waals surface area contributed by atoms with Gasteiger partial charge in [-0.25, -0.2) is 0 Å². The maximum absolute atomic E-state index is 11.4. The highest BCUT2D eigenvalue weighted by atomic mass is 16.6. The molecule has 0 aromatic heterocycles. The Kier molecular flexibility index (Phi) is 4.40. The number of ether oxygens (including phenoxy) is 1. The van der Waals surface area contributed by atoms with Gasteiger partial charge in [-0.1, -0.05) is 54.6 Å². The molecule has 2 aliphatic heterocycles. The lowest BCUT2D eigenvalue weighted by molar-refractivity contribution is -0.955. The number of hydrogen-bond donors (Lipinski definition) is 1. The van der Waals surface area contributed by atoms with Crippen molar-refractivity contribution in [2.45, 2.75) is 38.1 Å². The minimum Gasteiger partial charge on any atom is -0.357 e. The average Bonchev–Trinajstić information content (AvgIpc) is 2.62. The van der Waals surface area contributed by atoms with Gasteiger partial charge in [-0.2, -0.15) is 0 Å². The Morgan fingerprint density at radius 2 is 1.56 bits per heavy atom. The second-order valence-electron chi connectivity index (χ2n) is 7.85. The number of morpholine rings is 1. The fourth-order valence-electron chi connectivity index (χ4n) is 4.71. The molecule has 25 heavy (non-hydrogen) atoms. The van der Waals surface area contributed by atoms with E-state index in [-0.39, 0.29) is 6.10 Å². The summed E-state index contributed by atoms with van der Waals surface area (Å²) in [7, 11) is 0. The second kappa shape index (κ2) is 6.56. The van der Waals surface area contributed by atoms with E-state index in [1.54, 1.807) is 0 Å². The summed E-state index contributed by atoms with van der Waals surface area (Å²) in [5, 5.41) is 11.4. The molecule has 3 nitrogen and oxygen atoms in total. The van der Waals surface area contributed by atoms with Crippen molar-refractivity contribution in [3.05, 3.63) is 60.2 Å². The van der Waals surface area contributed by atoms with Crippen LogP contribution in [0.2, 0.25) is 0 Å².